The summed E-state index contributed by atoms with van der Waals surface area (Å²) in [6.45, 7) is 4.57. The number of rotatable bonds is 7. The fraction of sp³-hybridized carbons (Fsp3) is 0.278. The smallest absolute Gasteiger partial charge is 0.338 e. The van der Waals surface area contributed by atoms with Crippen LogP contribution in [0.1, 0.15) is 35.5 Å². The quantitative estimate of drug-likeness (QED) is 0.581. The van der Waals surface area contributed by atoms with Gasteiger partial charge in [-0.1, -0.05) is 12.1 Å². The van der Waals surface area contributed by atoms with Crippen molar-refractivity contribution < 1.29 is 14.3 Å². The van der Waals surface area contributed by atoms with Gasteiger partial charge in [-0.2, -0.15) is 5.10 Å². The fourth-order valence-electron chi connectivity index (χ4n) is 2.45. The molecule has 0 fully saturated rings. The second-order valence-corrected chi connectivity index (χ2v) is 6.59. The minimum atomic E-state index is -0.421. The number of thiazole rings is 1. The molecule has 1 aromatic carbocycles. The Hall–Kier alpha value is -3.07. The van der Waals surface area contributed by atoms with Gasteiger partial charge in [0.25, 0.3) is 0 Å². The average molecular weight is 385 g/mol. The second-order valence-electron chi connectivity index (χ2n) is 5.75. The lowest BCUT2D eigenvalue weighted by Crippen LogP contribution is -2.27. The van der Waals surface area contributed by atoms with Crippen LogP contribution in [0.5, 0.6) is 0 Å². The van der Waals surface area contributed by atoms with Crippen LogP contribution in [0.3, 0.4) is 0 Å². The minimum absolute atomic E-state index is 0.0610. The third kappa shape index (κ3) is 4.76. The normalized spacial score (nSPS) is 10.6. The molecule has 0 aliphatic carbocycles. The summed E-state index contributed by atoms with van der Waals surface area (Å²) in [6, 6.07) is 7.14. The number of carbonyl (C=O) groups is 2. The summed E-state index contributed by atoms with van der Waals surface area (Å²) >= 11 is 1.35. The van der Waals surface area contributed by atoms with Crippen molar-refractivity contribution in [3.8, 4) is 0 Å². The van der Waals surface area contributed by atoms with Crippen LogP contribution in [-0.2, 0) is 22.7 Å². The number of esters is 1. The monoisotopic (exact) mass is 385 g/mol. The second kappa shape index (κ2) is 8.54. The number of hydrogen-bond donors (Lipinski definition) is 0. The van der Waals surface area contributed by atoms with E-state index in [9.17, 15) is 9.59 Å². The molecule has 0 aliphatic heterocycles. The highest BCUT2D eigenvalue weighted by Gasteiger charge is 2.14. The van der Waals surface area contributed by atoms with Gasteiger partial charge in [-0.15, -0.1) is 11.3 Å². The molecular formula is C18H19N5O3S. The van der Waals surface area contributed by atoms with E-state index in [1.807, 2.05) is 19.1 Å². The summed E-state index contributed by atoms with van der Waals surface area (Å²) in [5.74, 6) is -0.489. The van der Waals surface area contributed by atoms with Crippen LogP contribution < -0.4 is 4.90 Å². The van der Waals surface area contributed by atoms with Crippen LogP contribution in [0, 0.1) is 0 Å². The van der Waals surface area contributed by atoms with Gasteiger partial charge < -0.3 is 4.74 Å². The van der Waals surface area contributed by atoms with Crippen LogP contribution in [0.4, 0.5) is 5.13 Å². The first kappa shape index (κ1) is 18.7. The topological polar surface area (TPSA) is 90.2 Å². The molecule has 8 nitrogen and oxygen atoms in total. The zero-order valence-corrected chi connectivity index (χ0v) is 15.8. The van der Waals surface area contributed by atoms with E-state index >= 15 is 0 Å². The Kier molecular flexibility index (Phi) is 5.92. The molecule has 9 heteroatoms. The van der Waals surface area contributed by atoms with Crippen LogP contribution in [-0.4, -0.2) is 38.2 Å². The van der Waals surface area contributed by atoms with Gasteiger partial charge in [0.2, 0.25) is 5.91 Å². The van der Waals surface area contributed by atoms with Crippen molar-refractivity contribution in [2.75, 3.05) is 11.4 Å². The maximum atomic E-state index is 12.2. The Labute approximate surface area is 160 Å². The van der Waals surface area contributed by atoms with Gasteiger partial charge in [0.1, 0.15) is 19.3 Å². The van der Waals surface area contributed by atoms with Gasteiger partial charge in [0, 0.05) is 18.8 Å². The van der Waals surface area contributed by atoms with Crippen molar-refractivity contribution in [1.82, 2.24) is 19.7 Å². The van der Waals surface area contributed by atoms with Gasteiger partial charge in [-0.25, -0.2) is 19.4 Å². The maximum absolute atomic E-state index is 12.2. The van der Waals surface area contributed by atoms with E-state index in [0.29, 0.717) is 29.5 Å². The Bertz CT molecular complexity index is 905. The molecule has 0 N–H and O–H groups in total. The first-order valence-electron chi connectivity index (χ1n) is 8.37. The first-order chi connectivity index (χ1) is 13.1. The van der Waals surface area contributed by atoms with Crippen LogP contribution in [0.15, 0.2) is 42.3 Å². The largest absolute Gasteiger partial charge is 0.456 e. The van der Waals surface area contributed by atoms with Crippen molar-refractivity contribution >= 4 is 28.3 Å². The molecule has 0 atom stereocenters. The molecule has 27 heavy (non-hydrogen) atoms. The first-order valence-corrected chi connectivity index (χ1v) is 9.25. The molecule has 3 aromatic rings. The number of anilines is 1. The maximum Gasteiger partial charge on any atom is 0.338 e. The SMILES string of the molecule is CCN(C(C)=O)c1nc(COC(=O)c2ccc(Cn3cncn3)cc2)cs1. The Morgan fingerprint density at radius 3 is 2.67 bits per heavy atom. The number of aromatic nitrogens is 4. The van der Waals surface area contributed by atoms with Crippen molar-refractivity contribution in [2.45, 2.75) is 27.0 Å². The lowest BCUT2D eigenvalue weighted by Gasteiger charge is -2.14. The molecule has 0 saturated heterocycles. The van der Waals surface area contributed by atoms with E-state index < -0.39 is 5.97 Å². The highest BCUT2D eigenvalue weighted by Crippen LogP contribution is 2.21. The summed E-state index contributed by atoms with van der Waals surface area (Å²) in [7, 11) is 0. The number of carbonyl (C=O) groups excluding carboxylic acids is 2. The predicted molar refractivity (Wildman–Crippen MR) is 101 cm³/mol. The number of amides is 1. The van der Waals surface area contributed by atoms with E-state index in [-0.39, 0.29) is 12.5 Å². The number of hydrogen-bond acceptors (Lipinski definition) is 7. The molecule has 3 rings (SSSR count). The van der Waals surface area contributed by atoms with Crippen molar-refractivity contribution in [3.63, 3.8) is 0 Å². The summed E-state index contributed by atoms with van der Waals surface area (Å²) in [4.78, 5) is 33.6. The molecule has 2 heterocycles. The van der Waals surface area contributed by atoms with E-state index in [4.69, 9.17) is 4.74 Å². The lowest BCUT2D eigenvalue weighted by molar-refractivity contribution is -0.116. The van der Waals surface area contributed by atoms with Crippen molar-refractivity contribution in [3.05, 3.63) is 59.1 Å². The van der Waals surface area contributed by atoms with Gasteiger partial charge in [0.05, 0.1) is 17.8 Å². The molecular weight excluding hydrogens is 366 g/mol. The van der Waals surface area contributed by atoms with Crippen LogP contribution >= 0.6 is 11.3 Å². The van der Waals surface area contributed by atoms with Crippen LogP contribution in [0.25, 0.3) is 0 Å². The van der Waals surface area contributed by atoms with Gasteiger partial charge >= 0.3 is 5.97 Å². The van der Waals surface area contributed by atoms with E-state index in [1.54, 1.807) is 33.4 Å². The summed E-state index contributed by atoms with van der Waals surface area (Å²) in [6.07, 6.45) is 3.11. The molecule has 140 valence electrons. The summed E-state index contributed by atoms with van der Waals surface area (Å²) in [5, 5.41) is 6.44. The summed E-state index contributed by atoms with van der Waals surface area (Å²) < 4.78 is 7.02. The van der Waals surface area contributed by atoms with E-state index in [0.717, 1.165) is 5.56 Å². The molecule has 0 spiro atoms. The predicted octanol–water partition coefficient (Wildman–Crippen LogP) is 2.51. The number of nitrogens with zero attached hydrogens (tertiary/aromatic N) is 5. The Morgan fingerprint density at radius 2 is 2.04 bits per heavy atom. The zero-order chi connectivity index (χ0) is 19.2. The molecule has 0 saturated carbocycles. The average Bonchev–Trinajstić information content (AvgIpc) is 3.33. The third-order valence-corrected chi connectivity index (χ3v) is 4.73. The molecule has 0 unspecified atom stereocenters. The molecule has 0 bridgehead atoms. The highest BCUT2D eigenvalue weighted by atomic mass is 32.1. The van der Waals surface area contributed by atoms with E-state index in [2.05, 4.69) is 15.1 Å². The van der Waals surface area contributed by atoms with Crippen LogP contribution in [0.2, 0.25) is 0 Å². The highest BCUT2D eigenvalue weighted by molar-refractivity contribution is 7.14. The van der Waals surface area contributed by atoms with Gasteiger partial charge in [-0.05, 0) is 24.6 Å². The summed E-state index contributed by atoms with van der Waals surface area (Å²) in [5.41, 5.74) is 2.09. The zero-order valence-electron chi connectivity index (χ0n) is 15.0. The third-order valence-electron chi connectivity index (χ3n) is 3.82. The van der Waals surface area contributed by atoms with Crippen molar-refractivity contribution in [1.29, 1.82) is 0 Å². The lowest BCUT2D eigenvalue weighted by atomic mass is 10.1. The molecule has 0 aliphatic rings. The number of ether oxygens (including phenoxy) is 1. The van der Waals surface area contributed by atoms with Gasteiger partial charge in [-0.3, -0.25) is 9.69 Å². The molecule has 2 aromatic heterocycles. The molecule has 1 amide bonds. The standard InChI is InChI=1S/C18H19N5O3S/c1-3-23(13(2)24)18-21-16(10-27-18)9-26-17(25)15-6-4-14(5-7-15)8-22-12-19-11-20-22/h4-7,10-12H,3,8-9H2,1-2H3. The Morgan fingerprint density at radius 1 is 1.26 bits per heavy atom. The minimum Gasteiger partial charge on any atom is -0.456 e. The fourth-order valence-corrected chi connectivity index (χ4v) is 3.37. The number of benzene rings is 1. The Balaban J connectivity index is 1.56. The van der Waals surface area contributed by atoms with Crippen molar-refractivity contribution in [2.24, 2.45) is 0 Å². The van der Waals surface area contributed by atoms with E-state index in [1.165, 1.54) is 24.6 Å². The van der Waals surface area contributed by atoms with Gasteiger partial charge in [0.15, 0.2) is 5.13 Å². The molecule has 0 radical (unpaired) electrons.